The van der Waals surface area contributed by atoms with Crippen molar-refractivity contribution in [3.05, 3.63) is 23.5 Å². The van der Waals surface area contributed by atoms with Crippen LogP contribution in [0.5, 0.6) is 0 Å². The van der Waals surface area contributed by atoms with Gasteiger partial charge in [0.25, 0.3) is 0 Å². The van der Waals surface area contributed by atoms with Crippen LogP contribution < -0.4 is 5.59 Å². The van der Waals surface area contributed by atoms with Crippen LogP contribution in [0.4, 0.5) is 4.79 Å². The summed E-state index contributed by atoms with van der Waals surface area (Å²) in [5, 5.41) is 19.6. The van der Waals surface area contributed by atoms with E-state index in [9.17, 15) is 14.8 Å². The molecule has 0 radical (unpaired) electrons. The lowest BCUT2D eigenvalue weighted by atomic mass is 9.86. The first-order valence-electron chi connectivity index (χ1n) is 5.95. The van der Waals surface area contributed by atoms with E-state index in [4.69, 9.17) is 16.3 Å². The van der Waals surface area contributed by atoms with E-state index in [0.29, 0.717) is 10.9 Å². The second-order valence-corrected chi connectivity index (χ2v) is 5.71. The number of carbonyl (C=O) groups excluding carboxylic acids is 1. The standard InChI is InChI=1S/C12H14BClN2O4/c1-12(2,3)20-11(17)16-8-6-15-10(14)5-7(8)4-9(16)13(18)19/h4-6,18-19H,1-3H3. The molecule has 0 saturated heterocycles. The lowest BCUT2D eigenvalue weighted by Crippen LogP contribution is -2.41. The van der Waals surface area contributed by atoms with Gasteiger partial charge in [0.2, 0.25) is 0 Å². The molecule has 2 rings (SSSR count). The Labute approximate surface area is 121 Å². The lowest BCUT2D eigenvalue weighted by molar-refractivity contribution is 0.0547. The van der Waals surface area contributed by atoms with Gasteiger partial charge in [-0.25, -0.2) is 9.78 Å². The van der Waals surface area contributed by atoms with Crippen LogP contribution in [0.15, 0.2) is 18.3 Å². The summed E-state index contributed by atoms with van der Waals surface area (Å²) in [6.45, 7) is 5.17. The summed E-state index contributed by atoms with van der Waals surface area (Å²) in [6, 6.07) is 2.99. The van der Waals surface area contributed by atoms with Crippen LogP contribution in [0.2, 0.25) is 5.15 Å². The Kier molecular flexibility index (Phi) is 3.77. The highest BCUT2D eigenvalue weighted by Crippen LogP contribution is 2.19. The lowest BCUT2D eigenvalue weighted by Gasteiger charge is -2.20. The van der Waals surface area contributed by atoms with Gasteiger partial charge >= 0.3 is 13.2 Å². The van der Waals surface area contributed by atoms with Crippen LogP contribution in [0.3, 0.4) is 0 Å². The van der Waals surface area contributed by atoms with Gasteiger partial charge in [0.15, 0.2) is 0 Å². The van der Waals surface area contributed by atoms with Crippen molar-refractivity contribution < 1.29 is 19.6 Å². The SMILES string of the molecule is CC(C)(C)OC(=O)n1c(B(O)O)cc2cc(Cl)ncc21. The summed E-state index contributed by atoms with van der Waals surface area (Å²) in [4.78, 5) is 16.1. The zero-order valence-electron chi connectivity index (χ0n) is 11.3. The number of carbonyl (C=O) groups is 1. The third-order valence-electron chi connectivity index (χ3n) is 2.52. The van der Waals surface area contributed by atoms with Crippen LogP contribution in [0, 0.1) is 0 Å². The minimum Gasteiger partial charge on any atom is -0.443 e. The van der Waals surface area contributed by atoms with Crippen molar-refractivity contribution in [1.82, 2.24) is 9.55 Å². The molecule has 0 aliphatic rings. The summed E-state index contributed by atoms with van der Waals surface area (Å²) >= 11 is 5.78. The molecule has 2 aromatic rings. The molecule has 8 heteroatoms. The van der Waals surface area contributed by atoms with Crippen molar-refractivity contribution in [1.29, 1.82) is 0 Å². The van der Waals surface area contributed by atoms with E-state index in [0.717, 1.165) is 4.57 Å². The summed E-state index contributed by atoms with van der Waals surface area (Å²) in [5.74, 6) is 0. The summed E-state index contributed by atoms with van der Waals surface area (Å²) < 4.78 is 6.33. The Balaban J connectivity index is 2.60. The average Bonchev–Trinajstić information content (AvgIpc) is 2.64. The van der Waals surface area contributed by atoms with E-state index in [2.05, 4.69) is 4.98 Å². The molecule has 0 amide bonds. The zero-order chi connectivity index (χ0) is 15.1. The number of hydrogen-bond donors (Lipinski definition) is 2. The first-order valence-corrected chi connectivity index (χ1v) is 6.33. The highest BCUT2D eigenvalue weighted by atomic mass is 35.5. The van der Waals surface area contributed by atoms with Crippen LogP contribution in [0.25, 0.3) is 10.9 Å². The van der Waals surface area contributed by atoms with Crippen LogP contribution in [-0.2, 0) is 4.74 Å². The fourth-order valence-corrected chi connectivity index (χ4v) is 1.97. The predicted octanol–water partition coefficient (Wildman–Crippen LogP) is 1.15. The molecule has 0 aliphatic carbocycles. The molecule has 2 aromatic heterocycles. The van der Waals surface area contributed by atoms with Gasteiger partial charge in [-0.1, -0.05) is 11.6 Å². The molecule has 0 aromatic carbocycles. The van der Waals surface area contributed by atoms with Gasteiger partial charge in [0, 0.05) is 5.39 Å². The molecule has 2 heterocycles. The molecule has 0 aliphatic heterocycles. The molecule has 0 fully saturated rings. The number of hydrogen-bond acceptors (Lipinski definition) is 5. The van der Waals surface area contributed by atoms with Crippen molar-refractivity contribution in [2.75, 3.05) is 0 Å². The Hall–Kier alpha value is -1.57. The maximum absolute atomic E-state index is 12.2. The first kappa shape index (κ1) is 14.8. The van der Waals surface area contributed by atoms with E-state index < -0.39 is 18.8 Å². The second kappa shape index (κ2) is 5.08. The van der Waals surface area contributed by atoms with E-state index in [1.807, 2.05) is 0 Å². The molecule has 106 valence electrons. The normalized spacial score (nSPS) is 11.7. The molecule has 2 N–H and O–H groups in total. The van der Waals surface area contributed by atoms with Crippen molar-refractivity contribution >= 4 is 41.3 Å². The van der Waals surface area contributed by atoms with Gasteiger partial charge in [0.1, 0.15) is 10.8 Å². The number of nitrogens with zero attached hydrogens (tertiary/aromatic N) is 2. The molecular weight excluding hydrogens is 282 g/mol. The molecule has 0 atom stereocenters. The second-order valence-electron chi connectivity index (χ2n) is 5.32. The van der Waals surface area contributed by atoms with Crippen molar-refractivity contribution in [3.8, 4) is 0 Å². The summed E-state index contributed by atoms with van der Waals surface area (Å²) in [7, 11) is -1.81. The highest BCUT2D eigenvalue weighted by Gasteiger charge is 2.27. The minimum atomic E-state index is -1.81. The molecule has 0 saturated carbocycles. The Bertz CT molecular complexity index is 663. The topological polar surface area (TPSA) is 84.6 Å². The van der Waals surface area contributed by atoms with Crippen LogP contribution in [-0.4, -0.2) is 38.4 Å². The zero-order valence-corrected chi connectivity index (χ0v) is 12.0. The Morgan fingerprint density at radius 3 is 2.60 bits per heavy atom. The highest BCUT2D eigenvalue weighted by molar-refractivity contribution is 6.59. The maximum atomic E-state index is 12.2. The summed E-state index contributed by atoms with van der Waals surface area (Å²) in [6.07, 6.45) is 0.674. The number of pyridine rings is 1. The van der Waals surface area contributed by atoms with Crippen molar-refractivity contribution in [3.63, 3.8) is 0 Å². The third-order valence-corrected chi connectivity index (χ3v) is 2.73. The number of rotatable bonds is 1. The quantitative estimate of drug-likeness (QED) is 0.609. The molecule has 20 heavy (non-hydrogen) atoms. The number of ether oxygens (including phenoxy) is 1. The van der Waals surface area contributed by atoms with Crippen molar-refractivity contribution in [2.24, 2.45) is 0 Å². The smallest absolute Gasteiger partial charge is 0.443 e. The van der Waals surface area contributed by atoms with Gasteiger partial charge in [0.05, 0.1) is 17.3 Å². The fourth-order valence-electron chi connectivity index (χ4n) is 1.80. The third kappa shape index (κ3) is 2.95. The van der Waals surface area contributed by atoms with E-state index >= 15 is 0 Å². The number of aromatic nitrogens is 2. The van der Waals surface area contributed by atoms with Gasteiger partial charge < -0.3 is 14.8 Å². The van der Waals surface area contributed by atoms with Gasteiger partial charge in [-0.15, -0.1) is 0 Å². The van der Waals surface area contributed by atoms with E-state index in [1.165, 1.54) is 18.3 Å². The van der Waals surface area contributed by atoms with Gasteiger partial charge in [-0.05, 0) is 32.9 Å². The van der Waals surface area contributed by atoms with E-state index in [1.54, 1.807) is 20.8 Å². The average molecular weight is 297 g/mol. The Morgan fingerprint density at radius 1 is 1.40 bits per heavy atom. The van der Waals surface area contributed by atoms with Crippen molar-refractivity contribution in [2.45, 2.75) is 26.4 Å². The molecule has 0 unspecified atom stereocenters. The van der Waals surface area contributed by atoms with Crippen LogP contribution in [0.1, 0.15) is 20.8 Å². The largest absolute Gasteiger partial charge is 0.506 e. The number of fused-ring (bicyclic) bond motifs is 1. The first-order chi connectivity index (χ1) is 9.19. The monoisotopic (exact) mass is 296 g/mol. The van der Waals surface area contributed by atoms with Gasteiger partial charge in [-0.3, -0.25) is 4.57 Å². The predicted molar refractivity (Wildman–Crippen MR) is 76.2 cm³/mol. The fraction of sp³-hybridized carbons (Fsp3) is 0.333. The van der Waals surface area contributed by atoms with Crippen LogP contribution >= 0.6 is 11.6 Å². The van der Waals surface area contributed by atoms with E-state index in [-0.39, 0.29) is 10.7 Å². The number of halogens is 1. The molecule has 0 bridgehead atoms. The summed E-state index contributed by atoms with van der Waals surface area (Å²) in [5.41, 5.74) is -0.310. The van der Waals surface area contributed by atoms with Gasteiger partial charge in [-0.2, -0.15) is 0 Å². The minimum absolute atomic E-state index is 0.00156. The molecule has 6 nitrogen and oxygen atoms in total. The Morgan fingerprint density at radius 2 is 2.05 bits per heavy atom. The molecular formula is C12H14BClN2O4. The molecule has 0 spiro atoms. The maximum Gasteiger partial charge on any atom is 0.506 e.